The van der Waals surface area contributed by atoms with Gasteiger partial charge in [-0.2, -0.15) is 0 Å². The predicted molar refractivity (Wildman–Crippen MR) is 57.9 cm³/mol. The van der Waals surface area contributed by atoms with Crippen molar-refractivity contribution in [2.24, 2.45) is 0 Å². The zero-order valence-corrected chi connectivity index (χ0v) is 8.64. The van der Waals surface area contributed by atoms with E-state index in [0.29, 0.717) is 11.5 Å². The Hall–Kier alpha value is -2.30. The smallest absolute Gasteiger partial charge is 0.311 e. The lowest BCUT2D eigenvalue weighted by molar-refractivity contribution is 0.372. The van der Waals surface area contributed by atoms with Gasteiger partial charge in [0.05, 0.1) is 7.11 Å². The summed E-state index contributed by atoms with van der Waals surface area (Å²) in [5, 5.41) is 0. The Kier molecular flexibility index (Phi) is 2.86. The van der Waals surface area contributed by atoms with E-state index in [-0.39, 0.29) is 11.4 Å². The van der Waals surface area contributed by atoms with Crippen LogP contribution in [0, 0.1) is 0 Å². The highest BCUT2D eigenvalue weighted by atomic mass is 16.5. The molecule has 1 aromatic carbocycles. The van der Waals surface area contributed by atoms with Gasteiger partial charge in [0.2, 0.25) is 0 Å². The Balaban J connectivity index is 2.34. The first kappa shape index (κ1) is 10.2. The average Bonchev–Trinajstić information content (AvgIpc) is 2.33. The molecule has 82 valence electrons. The topological polar surface area (TPSA) is 64.2 Å². The largest absolute Gasteiger partial charge is 0.493 e. The third-order valence-corrected chi connectivity index (χ3v) is 1.95. The van der Waals surface area contributed by atoms with Gasteiger partial charge < -0.3 is 14.5 Å². The maximum absolute atomic E-state index is 11.3. The van der Waals surface area contributed by atoms with Crippen molar-refractivity contribution >= 4 is 0 Å². The van der Waals surface area contributed by atoms with E-state index >= 15 is 0 Å². The molecule has 0 aliphatic rings. The molecular formula is C11H10N2O3. The van der Waals surface area contributed by atoms with Gasteiger partial charge in [-0.15, -0.1) is 0 Å². The van der Waals surface area contributed by atoms with E-state index in [1.165, 1.54) is 19.5 Å². The molecular weight excluding hydrogens is 208 g/mol. The summed E-state index contributed by atoms with van der Waals surface area (Å²) >= 11 is 0. The maximum atomic E-state index is 11.3. The highest BCUT2D eigenvalue weighted by Gasteiger charge is 2.07. The van der Waals surface area contributed by atoms with Crippen LogP contribution in [-0.2, 0) is 0 Å². The van der Waals surface area contributed by atoms with Gasteiger partial charge in [-0.1, -0.05) is 12.1 Å². The van der Waals surface area contributed by atoms with Crippen molar-refractivity contribution < 1.29 is 9.47 Å². The Morgan fingerprint density at radius 3 is 2.69 bits per heavy atom. The molecule has 2 aromatic rings. The highest BCUT2D eigenvalue weighted by Crippen LogP contribution is 2.28. The van der Waals surface area contributed by atoms with E-state index in [2.05, 4.69) is 9.97 Å². The molecule has 0 fully saturated rings. The summed E-state index contributed by atoms with van der Waals surface area (Å²) in [5.41, 5.74) is -0.381. The van der Waals surface area contributed by atoms with Gasteiger partial charge in [-0.25, -0.2) is 4.98 Å². The number of nitrogens with zero attached hydrogens (tertiary/aromatic N) is 1. The quantitative estimate of drug-likeness (QED) is 0.849. The number of para-hydroxylation sites is 2. The molecule has 1 heterocycles. The van der Waals surface area contributed by atoms with Crippen molar-refractivity contribution in [2.45, 2.75) is 0 Å². The monoisotopic (exact) mass is 218 g/mol. The van der Waals surface area contributed by atoms with Crippen LogP contribution in [0.1, 0.15) is 0 Å². The second-order valence-corrected chi connectivity index (χ2v) is 2.98. The molecule has 0 saturated heterocycles. The van der Waals surface area contributed by atoms with Gasteiger partial charge in [0, 0.05) is 12.4 Å². The molecule has 16 heavy (non-hydrogen) atoms. The third-order valence-electron chi connectivity index (χ3n) is 1.95. The summed E-state index contributed by atoms with van der Waals surface area (Å²) in [5.74, 6) is 0.994. The lowest BCUT2D eigenvalue weighted by Crippen LogP contribution is -2.09. The fourth-order valence-corrected chi connectivity index (χ4v) is 1.22. The summed E-state index contributed by atoms with van der Waals surface area (Å²) in [6, 6.07) is 7.04. The summed E-state index contributed by atoms with van der Waals surface area (Å²) in [7, 11) is 1.53. The maximum Gasteiger partial charge on any atom is 0.311 e. The van der Waals surface area contributed by atoms with Crippen LogP contribution in [0.4, 0.5) is 0 Å². The number of hydrogen-bond acceptors (Lipinski definition) is 4. The minimum absolute atomic E-state index is 0.00741. The fourth-order valence-electron chi connectivity index (χ4n) is 1.22. The van der Waals surface area contributed by atoms with E-state index in [1.807, 2.05) is 6.07 Å². The van der Waals surface area contributed by atoms with Gasteiger partial charge in [-0.3, -0.25) is 4.79 Å². The normalized spacial score (nSPS) is 9.81. The van der Waals surface area contributed by atoms with Crippen molar-refractivity contribution in [2.75, 3.05) is 7.11 Å². The van der Waals surface area contributed by atoms with Crippen LogP contribution in [0.15, 0.2) is 41.5 Å². The van der Waals surface area contributed by atoms with Crippen molar-refractivity contribution in [3.05, 3.63) is 47.0 Å². The van der Waals surface area contributed by atoms with E-state index < -0.39 is 0 Å². The molecule has 5 heteroatoms. The number of nitrogens with one attached hydrogen (secondary N) is 1. The van der Waals surface area contributed by atoms with E-state index in [4.69, 9.17) is 9.47 Å². The van der Waals surface area contributed by atoms with Crippen molar-refractivity contribution in [3.63, 3.8) is 0 Å². The minimum Gasteiger partial charge on any atom is -0.493 e. The van der Waals surface area contributed by atoms with Crippen LogP contribution in [0.2, 0.25) is 0 Å². The predicted octanol–water partition coefficient (Wildman–Crippen LogP) is 1.57. The van der Waals surface area contributed by atoms with Crippen molar-refractivity contribution in [1.82, 2.24) is 9.97 Å². The molecule has 0 saturated carbocycles. The molecule has 1 aromatic heterocycles. The molecule has 0 amide bonds. The lowest BCUT2D eigenvalue weighted by Gasteiger charge is -2.07. The van der Waals surface area contributed by atoms with Crippen molar-refractivity contribution in [1.29, 1.82) is 0 Å². The standard InChI is InChI=1S/C11H10N2O3/c1-15-8-4-2-3-5-9(8)16-11-10(14)12-6-7-13-11/h2-7H,1H3,(H,12,14). The number of benzene rings is 1. The number of ether oxygens (including phenoxy) is 2. The van der Waals surface area contributed by atoms with Gasteiger partial charge in [-0.05, 0) is 12.1 Å². The molecule has 0 radical (unpaired) electrons. The van der Waals surface area contributed by atoms with Gasteiger partial charge in [0.1, 0.15) is 0 Å². The minimum atomic E-state index is -0.381. The zero-order chi connectivity index (χ0) is 11.4. The van der Waals surface area contributed by atoms with Gasteiger partial charge >= 0.3 is 5.56 Å². The van der Waals surface area contributed by atoms with Crippen LogP contribution in [0.5, 0.6) is 17.4 Å². The Labute approximate surface area is 91.7 Å². The number of aromatic amines is 1. The Morgan fingerprint density at radius 1 is 1.25 bits per heavy atom. The number of H-pyrrole nitrogens is 1. The molecule has 0 bridgehead atoms. The SMILES string of the molecule is COc1ccccc1Oc1ncc[nH]c1=O. The summed E-state index contributed by atoms with van der Waals surface area (Å²) in [4.78, 5) is 17.6. The summed E-state index contributed by atoms with van der Waals surface area (Å²) in [6.07, 6.45) is 2.89. The number of hydrogen-bond donors (Lipinski definition) is 1. The first-order chi connectivity index (χ1) is 7.81. The van der Waals surface area contributed by atoms with Crippen LogP contribution < -0.4 is 15.0 Å². The molecule has 0 atom stereocenters. The van der Waals surface area contributed by atoms with Crippen LogP contribution >= 0.6 is 0 Å². The first-order valence-corrected chi connectivity index (χ1v) is 4.66. The zero-order valence-electron chi connectivity index (χ0n) is 8.64. The second kappa shape index (κ2) is 4.48. The average molecular weight is 218 g/mol. The third kappa shape index (κ3) is 2.03. The molecule has 1 N–H and O–H groups in total. The number of methoxy groups -OCH3 is 1. The highest BCUT2D eigenvalue weighted by molar-refractivity contribution is 5.41. The van der Waals surface area contributed by atoms with Crippen LogP contribution in [0.25, 0.3) is 0 Å². The van der Waals surface area contributed by atoms with Gasteiger partial charge in [0.15, 0.2) is 11.5 Å². The van der Waals surface area contributed by atoms with E-state index in [0.717, 1.165) is 0 Å². The molecule has 2 rings (SSSR count). The van der Waals surface area contributed by atoms with Crippen LogP contribution in [0.3, 0.4) is 0 Å². The van der Waals surface area contributed by atoms with Crippen molar-refractivity contribution in [3.8, 4) is 17.4 Å². The molecule has 0 unspecified atom stereocenters. The number of aromatic nitrogens is 2. The van der Waals surface area contributed by atoms with E-state index in [1.54, 1.807) is 18.2 Å². The molecule has 0 spiro atoms. The first-order valence-electron chi connectivity index (χ1n) is 4.66. The lowest BCUT2D eigenvalue weighted by atomic mass is 10.3. The van der Waals surface area contributed by atoms with Gasteiger partial charge in [0.25, 0.3) is 5.88 Å². The Bertz CT molecular complexity index is 537. The Morgan fingerprint density at radius 2 is 2.00 bits per heavy atom. The summed E-state index contributed by atoms with van der Waals surface area (Å²) in [6.45, 7) is 0. The fraction of sp³-hybridized carbons (Fsp3) is 0.0909. The second-order valence-electron chi connectivity index (χ2n) is 2.98. The summed E-state index contributed by atoms with van der Waals surface area (Å²) < 4.78 is 10.4. The van der Waals surface area contributed by atoms with E-state index in [9.17, 15) is 4.79 Å². The molecule has 0 aliphatic heterocycles. The van der Waals surface area contributed by atoms with Crippen LogP contribution in [-0.4, -0.2) is 17.1 Å². The molecule has 0 aliphatic carbocycles. The number of rotatable bonds is 3. The molecule has 5 nitrogen and oxygen atoms in total.